The summed E-state index contributed by atoms with van der Waals surface area (Å²) < 4.78 is 18.5. The molecule has 18 heavy (non-hydrogen) atoms. The predicted octanol–water partition coefficient (Wildman–Crippen LogP) is 4.04. The van der Waals surface area contributed by atoms with Crippen LogP contribution in [0, 0.1) is 5.82 Å². The second-order valence-electron chi connectivity index (χ2n) is 3.69. The van der Waals surface area contributed by atoms with Crippen LogP contribution in [0.2, 0.25) is 0 Å². The van der Waals surface area contributed by atoms with Crippen molar-refractivity contribution in [2.24, 2.45) is 0 Å². The van der Waals surface area contributed by atoms with Gasteiger partial charge in [0.1, 0.15) is 5.82 Å². The standard InChI is InChI=1S/C14H10BrFO2/c1-18-14(17)12-7-4-10(15)8-13(12)9-2-5-11(16)6-3-9/h2-8H,1H3. The average Bonchev–Trinajstić information content (AvgIpc) is 2.38. The van der Waals surface area contributed by atoms with Crippen molar-refractivity contribution in [2.45, 2.75) is 0 Å². The third kappa shape index (κ3) is 2.59. The van der Waals surface area contributed by atoms with Crippen LogP contribution in [-0.4, -0.2) is 13.1 Å². The van der Waals surface area contributed by atoms with Gasteiger partial charge in [-0.05, 0) is 41.5 Å². The van der Waals surface area contributed by atoms with Crippen LogP contribution in [0.15, 0.2) is 46.9 Å². The highest BCUT2D eigenvalue weighted by Crippen LogP contribution is 2.28. The van der Waals surface area contributed by atoms with Gasteiger partial charge in [0.15, 0.2) is 0 Å². The molecule has 2 aromatic carbocycles. The second kappa shape index (κ2) is 5.31. The van der Waals surface area contributed by atoms with Crippen molar-refractivity contribution < 1.29 is 13.9 Å². The van der Waals surface area contributed by atoms with Crippen molar-refractivity contribution in [3.05, 3.63) is 58.3 Å². The molecule has 0 amide bonds. The molecule has 0 aliphatic rings. The molecule has 0 unspecified atom stereocenters. The Kier molecular flexibility index (Phi) is 3.77. The topological polar surface area (TPSA) is 26.3 Å². The van der Waals surface area contributed by atoms with E-state index in [1.165, 1.54) is 19.2 Å². The molecule has 0 saturated carbocycles. The first-order valence-corrected chi connectivity index (χ1v) is 6.05. The summed E-state index contributed by atoms with van der Waals surface area (Å²) in [6, 6.07) is 11.2. The van der Waals surface area contributed by atoms with E-state index in [0.29, 0.717) is 11.1 Å². The molecule has 0 aromatic heterocycles. The minimum atomic E-state index is -0.415. The number of carbonyl (C=O) groups is 1. The van der Waals surface area contributed by atoms with Crippen molar-refractivity contribution in [1.82, 2.24) is 0 Å². The Hall–Kier alpha value is -1.68. The lowest BCUT2D eigenvalue weighted by Gasteiger charge is -2.08. The summed E-state index contributed by atoms with van der Waals surface area (Å²) in [4.78, 5) is 11.7. The van der Waals surface area contributed by atoms with Crippen LogP contribution >= 0.6 is 15.9 Å². The molecule has 2 rings (SSSR count). The SMILES string of the molecule is COC(=O)c1ccc(Br)cc1-c1ccc(F)cc1. The number of rotatable bonds is 2. The van der Waals surface area contributed by atoms with E-state index in [9.17, 15) is 9.18 Å². The number of hydrogen-bond acceptors (Lipinski definition) is 2. The minimum Gasteiger partial charge on any atom is -0.465 e. The minimum absolute atomic E-state index is 0.312. The number of carbonyl (C=O) groups excluding carboxylic acids is 1. The maximum atomic E-state index is 12.9. The van der Waals surface area contributed by atoms with Crippen LogP contribution in [0.3, 0.4) is 0 Å². The quantitative estimate of drug-likeness (QED) is 0.783. The monoisotopic (exact) mass is 308 g/mol. The number of hydrogen-bond donors (Lipinski definition) is 0. The van der Waals surface area contributed by atoms with Gasteiger partial charge in [-0.25, -0.2) is 9.18 Å². The number of benzene rings is 2. The van der Waals surface area contributed by atoms with Gasteiger partial charge in [0.25, 0.3) is 0 Å². The Morgan fingerprint density at radius 1 is 1.17 bits per heavy atom. The molecule has 0 aliphatic carbocycles. The van der Waals surface area contributed by atoms with Crippen LogP contribution in [-0.2, 0) is 4.74 Å². The molecule has 0 bridgehead atoms. The van der Waals surface area contributed by atoms with Crippen LogP contribution in [0.25, 0.3) is 11.1 Å². The van der Waals surface area contributed by atoms with Gasteiger partial charge in [-0.15, -0.1) is 0 Å². The smallest absolute Gasteiger partial charge is 0.338 e. The third-order valence-electron chi connectivity index (χ3n) is 2.54. The van der Waals surface area contributed by atoms with E-state index in [-0.39, 0.29) is 5.82 Å². The zero-order valence-corrected chi connectivity index (χ0v) is 11.2. The van der Waals surface area contributed by atoms with Crippen LogP contribution in [0.1, 0.15) is 10.4 Å². The fraction of sp³-hybridized carbons (Fsp3) is 0.0714. The van der Waals surface area contributed by atoms with E-state index in [4.69, 9.17) is 4.74 Å². The van der Waals surface area contributed by atoms with Crippen LogP contribution in [0.4, 0.5) is 4.39 Å². The van der Waals surface area contributed by atoms with Crippen molar-refractivity contribution in [3.8, 4) is 11.1 Å². The summed E-state index contributed by atoms with van der Waals surface area (Å²) in [5, 5.41) is 0. The molecule has 2 nitrogen and oxygen atoms in total. The first kappa shape index (κ1) is 12.8. The highest BCUT2D eigenvalue weighted by molar-refractivity contribution is 9.10. The summed E-state index contributed by atoms with van der Waals surface area (Å²) in [5.41, 5.74) is 1.92. The van der Waals surface area contributed by atoms with Crippen molar-refractivity contribution in [3.63, 3.8) is 0 Å². The number of ether oxygens (including phenoxy) is 1. The molecule has 0 heterocycles. The number of methoxy groups -OCH3 is 1. The molecular formula is C14H10BrFO2. The highest BCUT2D eigenvalue weighted by Gasteiger charge is 2.13. The zero-order chi connectivity index (χ0) is 13.1. The van der Waals surface area contributed by atoms with E-state index in [0.717, 1.165) is 10.0 Å². The molecular weight excluding hydrogens is 299 g/mol. The molecule has 92 valence electrons. The van der Waals surface area contributed by atoms with Gasteiger partial charge in [0, 0.05) is 4.47 Å². The highest BCUT2D eigenvalue weighted by atomic mass is 79.9. The van der Waals surface area contributed by atoms with Gasteiger partial charge in [-0.1, -0.05) is 28.1 Å². The fourth-order valence-corrected chi connectivity index (χ4v) is 2.03. The molecule has 0 atom stereocenters. The second-order valence-corrected chi connectivity index (χ2v) is 4.60. The Labute approximate surface area is 113 Å². The van der Waals surface area contributed by atoms with Gasteiger partial charge in [-0.2, -0.15) is 0 Å². The lowest BCUT2D eigenvalue weighted by atomic mass is 10.00. The van der Waals surface area contributed by atoms with E-state index in [2.05, 4.69) is 15.9 Å². The molecule has 0 saturated heterocycles. The number of halogens is 2. The van der Waals surface area contributed by atoms with E-state index in [1.54, 1.807) is 30.3 Å². The molecule has 0 fully saturated rings. The average molecular weight is 309 g/mol. The molecule has 0 radical (unpaired) electrons. The molecule has 0 spiro atoms. The first-order chi connectivity index (χ1) is 8.61. The van der Waals surface area contributed by atoms with E-state index in [1.807, 2.05) is 0 Å². The van der Waals surface area contributed by atoms with E-state index >= 15 is 0 Å². The maximum Gasteiger partial charge on any atom is 0.338 e. The summed E-state index contributed by atoms with van der Waals surface area (Å²) in [5.74, 6) is -0.727. The zero-order valence-electron chi connectivity index (χ0n) is 9.61. The lowest BCUT2D eigenvalue weighted by molar-refractivity contribution is 0.0601. The summed E-state index contributed by atoms with van der Waals surface area (Å²) >= 11 is 3.35. The molecule has 0 aliphatic heterocycles. The van der Waals surface area contributed by atoms with Crippen molar-refractivity contribution in [1.29, 1.82) is 0 Å². The lowest BCUT2D eigenvalue weighted by Crippen LogP contribution is -2.03. The van der Waals surface area contributed by atoms with Gasteiger partial charge in [-0.3, -0.25) is 0 Å². The van der Waals surface area contributed by atoms with Gasteiger partial charge >= 0.3 is 5.97 Å². The molecule has 4 heteroatoms. The molecule has 2 aromatic rings. The van der Waals surface area contributed by atoms with Gasteiger partial charge < -0.3 is 4.74 Å². The maximum absolute atomic E-state index is 12.9. The summed E-state index contributed by atoms with van der Waals surface area (Å²) in [6.07, 6.45) is 0. The third-order valence-corrected chi connectivity index (χ3v) is 3.04. The molecule has 0 N–H and O–H groups in total. The van der Waals surface area contributed by atoms with Crippen LogP contribution in [0.5, 0.6) is 0 Å². The fourth-order valence-electron chi connectivity index (χ4n) is 1.67. The van der Waals surface area contributed by atoms with Crippen molar-refractivity contribution in [2.75, 3.05) is 7.11 Å². The summed E-state index contributed by atoms with van der Waals surface area (Å²) in [6.45, 7) is 0. The Morgan fingerprint density at radius 2 is 1.83 bits per heavy atom. The Bertz CT molecular complexity index is 579. The summed E-state index contributed by atoms with van der Waals surface area (Å²) in [7, 11) is 1.33. The largest absolute Gasteiger partial charge is 0.465 e. The van der Waals surface area contributed by atoms with Crippen LogP contribution < -0.4 is 0 Å². The van der Waals surface area contributed by atoms with Gasteiger partial charge in [0.2, 0.25) is 0 Å². The Balaban J connectivity index is 2.57. The van der Waals surface area contributed by atoms with E-state index < -0.39 is 5.97 Å². The Morgan fingerprint density at radius 3 is 2.44 bits per heavy atom. The number of esters is 1. The van der Waals surface area contributed by atoms with Crippen molar-refractivity contribution >= 4 is 21.9 Å². The van der Waals surface area contributed by atoms with Gasteiger partial charge in [0.05, 0.1) is 12.7 Å². The predicted molar refractivity (Wildman–Crippen MR) is 70.9 cm³/mol. The first-order valence-electron chi connectivity index (χ1n) is 5.25. The normalized spacial score (nSPS) is 10.2.